The maximum absolute atomic E-state index is 11.3. The molecule has 2 atom stereocenters. The molecule has 0 bridgehead atoms. The molecule has 0 aromatic carbocycles. The Hall–Kier alpha value is -0.750. The summed E-state index contributed by atoms with van der Waals surface area (Å²) >= 11 is 0. The molecule has 0 aliphatic rings. The normalized spacial score (nSPS) is 12.9. The number of Topliss-reactive ketones (excluding diaryl/α,β-unsaturated/α-hetero) is 1. The van der Waals surface area contributed by atoms with Crippen molar-refractivity contribution in [3.63, 3.8) is 0 Å². The predicted octanol–water partition coefficient (Wildman–Crippen LogP) is 2.30. The molecule has 0 fully saturated rings. The van der Waals surface area contributed by atoms with Crippen molar-refractivity contribution in [3.8, 4) is 11.8 Å². The van der Waals surface area contributed by atoms with Gasteiger partial charge in [-0.15, -0.1) is 21.3 Å². The van der Waals surface area contributed by atoms with Crippen molar-refractivity contribution >= 4 is 14.0 Å². The van der Waals surface area contributed by atoms with Crippen molar-refractivity contribution < 1.29 is 18.8 Å². The largest absolute Gasteiger partial charge is 0.695 e. The quantitative estimate of drug-likeness (QED) is 0.576. The van der Waals surface area contributed by atoms with Gasteiger partial charge in [0.1, 0.15) is 0 Å². The average Bonchev–Trinajstić information content (AvgIpc) is 2.20. The Morgan fingerprint density at radius 3 is 2.38 bits per heavy atom. The van der Waals surface area contributed by atoms with Crippen LogP contribution in [0.3, 0.4) is 0 Å². The summed E-state index contributed by atoms with van der Waals surface area (Å²) in [5.41, 5.74) is 0. The lowest BCUT2D eigenvalue weighted by Gasteiger charge is -2.02. The predicted molar refractivity (Wildman–Crippen MR) is 61.8 cm³/mol. The first-order chi connectivity index (χ1) is 7.43. The monoisotopic (exact) mass is 245 g/mol. The Morgan fingerprint density at radius 1 is 1.31 bits per heavy atom. The number of hydrogen-bond acceptors (Lipinski definition) is 3. The second-order valence-corrected chi connectivity index (χ2v) is 4.77. The van der Waals surface area contributed by atoms with Gasteiger partial charge < -0.3 is 0 Å². The topological polar surface area (TPSA) is 63.6 Å². The first kappa shape index (κ1) is 15.2. The van der Waals surface area contributed by atoms with Crippen LogP contribution in [0.2, 0.25) is 0 Å². The molecule has 16 heavy (non-hydrogen) atoms. The molecule has 0 aromatic rings. The van der Waals surface area contributed by atoms with Crippen LogP contribution < -0.4 is 0 Å². The molecular weight excluding hydrogens is 227 g/mol. The Balaban J connectivity index is 3.85. The molecule has 0 aromatic heterocycles. The standard InChI is InChI=1S/C11H17O4P/c1-9(2)6-4-5-7-10(3)11(12)8-15-16(13)14/h9-10H,6-8H2,1-3H3/p+1/t10-/m0/s1. The van der Waals surface area contributed by atoms with E-state index < -0.39 is 8.25 Å². The van der Waals surface area contributed by atoms with Crippen LogP contribution in [-0.2, 0) is 13.9 Å². The number of carbonyl (C=O) groups is 1. The van der Waals surface area contributed by atoms with Gasteiger partial charge in [-0.3, -0.25) is 4.79 Å². The van der Waals surface area contributed by atoms with E-state index in [1.54, 1.807) is 6.92 Å². The third-order valence-electron chi connectivity index (χ3n) is 1.91. The third kappa shape index (κ3) is 8.55. The summed E-state index contributed by atoms with van der Waals surface area (Å²) in [5, 5.41) is 0. The first-order valence-corrected chi connectivity index (χ1v) is 6.34. The Kier molecular flexibility index (Phi) is 8.01. The molecule has 0 aliphatic heterocycles. The zero-order valence-corrected chi connectivity index (χ0v) is 10.8. The molecule has 0 saturated carbocycles. The van der Waals surface area contributed by atoms with Gasteiger partial charge in [-0.1, -0.05) is 20.8 Å². The van der Waals surface area contributed by atoms with Crippen molar-refractivity contribution in [2.24, 2.45) is 11.8 Å². The Labute approximate surface area is 97.3 Å². The van der Waals surface area contributed by atoms with Gasteiger partial charge in [0.2, 0.25) is 0 Å². The maximum Gasteiger partial charge on any atom is 0.695 e. The minimum Gasteiger partial charge on any atom is -0.297 e. The fraction of sp³-hybridized carbons (Fsp3) is 0.727. The van der Waals surface area contributed by atoms with Gasteiger partial charge in [-0.2, -0.15) is 0 Å². The van der Waals surface area contributed by atoms with Crippen LogP contribution >= 0.6 is 8.25 Å². The SMILES string of the molecule is CC(C)CC#CC[C@H](C)C(=O)CO[P+](=O)O. The summed E-state index contributed by atoms with van der Waals surface area (Å²) in [7, 11) is -2.69. The first-order valence-electron chi connectivity index (χ1n) is 5.21. The summed E-state index contributed by atoms with van der Waals surface area (Å²) in [6.07, 6.45) is 1.29. The fourth-order valence-corrected chi connectivity index (χ4v) is 1.11. The zero-order valence-electron chi connectivity index (χ0n) is 9.90. The van der Waals surface area contributed by atoms with Crippen molar-refractivity contribution in [2.45, 2.75) is 33.6 Å². The lowest BCUT2D eigenvalue weighted by molar-refractivity contribution is -0.124. The van der Waals surface area contributed by atoms with Crippen molar-refractivity contribution in [1.82, 2.24) is 0 Å². The van der Waals surface area contributed by atoms with Gasteiger partial charge in [0.05, 0.1) is 0 Å². The molecule has 0 amide bonds. The Bertz CT molecular complexity index is 301. The van der Waals surface area contributed by atoms with Gasteiger partial charge in [-0.05, 0) is 5.92 Å². The number of hydrogen-bond donors (Lipinski definition) is 1. The van der Waals surface area contributed by atoms with Gasteiger partial charge in [0.15, 0.2) is 12.4 Å². The average molecular weight is 245 g/mol. The molecular formula is C11H18O4P+. The molecule has 0 heterocycles. The molecule has 0 radical (unpaired) electrons. The van der Waals surface area contributed by atoms with E-state index in [0.29, 0.717) is 12.3 Å². The smallest absolute Gasteiger partial charge is 0.297 e. The van der Waals surface area contributed by atoms with E-state index in [4.69, 9.17) is 4.89 Å². The fourth-order valence-electron chi connectivity index (χ4n) is 0.876. The molecule has 0 spiro atoms. The van der Waals surface area contributed by atoms with Gasteiger partial charge in [-0.25, -0.2) is 0 Å². The minimum absolute atomic E-state index is 0.198. The summed E-state index contributed by atoms with van der Waals surface area (Å²) in [4.78, 5) is 19.7. The number of rotatable bonds is 6. The van der Waals surface area contributed by atoms with Crippen LogP contribution in [0.5, 0.6) is 0 Å². The second kappa shape index (κ2) is 8.41. The summed E-state index contributed by atoms with van der Waals surface area (Å²) < 4.78 is 14.5. The van der Waals surface area contributed by atoms with Crippen LogP contribution in [0.25, 0.3) is 0 Å². The van der Waals surface area contributed by atoms with E-state index in [1.807, 2.05) is 0 Å². The third-order valence-corrected chi connectivity index (χ3v) is 2.26. The molecule has 0 aliphatic carbocycles. The molecule has 1 N–H and O–H groups in total. The highest BCUT2D eigenvalue weighted by atomic mass is 31.1. The highest BCUT2D eigenvalue weighted by Crippen LogP contribution is 2.15. The van der Waals surface area contributed by atoms with Crippen LogP contribution in [0.4, 0.5) is 0 Å². The van der Waals surface area contributed by atoms with Crippen molar-refractivity contribution in [3.05, 3.63) is 0 Å². The highest BCUT2D eigenvalue weighted by molar-refractivity contribution is 7.32. The van der Waals surface area contributed by atoms with Crippen molar-refractivity contribution in [1.29, 1.82) is 0 Å². The molecule has 5 heteroatoms. The van der Waals surface area contributed by atoms with Gasteiger partial charge in [0, 0.05) is 23.3 Å². The van der Waals surface area contributed by atoms with Crippen LogP contribution in [-0.4, -0.2) is 17.3 Å². The van der Waals surface area contributed by atoms with Crippen LogP contribution in [0.1, 0.15) is 33.6 Å². The van der Waals surface area contributed by atoms with Crippen LogP contribution in [0.15, 0.2) is 0 Å². The second-order valence-electron chi connectivity index (χ2n) is 4.03. The molecule has 0 rings (SSSR count). The molecule has 1 unspecified atom stereocenters. The van der Waals surface area contributed by atoms with Gasteiger partial charge in [0.25, 0.3) is 0 Å². The van der Waals surface area contributed by atoms with Crippen LogP contribution in [0, 0.1) is 23.7 Å². The maximum atomic E-state index is 11.3. The number of carbonyl (C=O) groups excluding carboxylic acids is 1. The van der Waals surface area contributed by atoms with Gasteiger partial charge >= 0.3 is 8.25 Å². The number of ketones is 1. The molecule has 4 nitrogen and oxygen atoms in total. The van der Waals surface area contributed by atoms with E-state index in [-0.39, 0.29) is 18.3 Å². The highest BCUT2D eigenvalue weighted by Gasteiger charge is 2.19. The minimum atomic E-state index is -2.69. The van der Waals surface area contributed by atoms with E-state index in [9.17, 15) is 9.36 Å². The lowest BCUT2D eigenvalue weighted by Crippen LogP contribution is -2.15. The van der Waals surface area contributed by atoms with E-state index in [0.717, 1.165) is 6.42 Å². The van der Waals surface area contributed by atoms with E-state index >= 15 is 0 Å². The molecule has 90 valence electrons. The Morgan fingerprint density at radius 2 is 1.88 bits per heavy atom. The summed E-state index contributed by atoms with van der Waals surface area (Å²) in [6, 6.07) is 0. The lowest BCUT2D eigenvalue weighted by atomic mass is 10.0. The van der Waals surface area contributed by atoms with E-state index in [1.165, 1.54) is 0 Å². The summed E-state index contributed by atoms with van der Waals surface area (Å²) in [5.74, 6) is 5.98. The zero-order chi connectivity index (χ0) is 12.6. The van der Waals surface area contributed by atoms with E-state index in [2.05, 4.69) is 30.2 Å². The van der Waals surface area contributed by atoms with Crippen molar-refractivity contribution in [2.75, 3.05) is 6.61 Å². The molecule has 0 saturated heterocycles. The summed E-state index contributed by atoms with van der Waals surface area (Å²) in [6.45, 7) is 5.57.